The molecule has 0 fully saturated rings. The first-order valence-corrected chi connectivity index (χ1v) is 6.99. The Balaban J connectivity index is 2.32. The third-order valence-electron chi connectivity index (χ3n) is 3.45. The predicted octanol–water partition coefficient (Wildman–Crippen LogP) is 4.72. The Bertz CT molecular complexity index is 642. The number of aliphatic hydroxyl groups is 1. The van der Waals surface area contributed by atoms with Gasteiger partial charge in [0, 0.05) is 5.56 Å². The number of aliphatic hydroxyl groups excluding tert-OH is 1. The molecule has 0 aromatic heterocycles. The summed E-state index contributed by atoms with van der Waals surface area (Å²) < 4.78 is 19.0. The van der Waals surface area contributed by atoms with Crippen LogP contribution in [0.4, 0.5) is 4.39 Å². The maximum atomic E-state index is 13.2. The fraction of sp³-hybridized carbons (Fsp3) is 0.333. The Hall–Kier alpha value is -1.87. The molecule has 0 aliphatic heterocycles. The number of hydrogen-bond donors (Lipinski definition) is 1. The van der Waals surface area contributed by atoms with E-state index in [0.717, 1.165) is 5.56 Å². The molecule has 0 bridgehead atoms. The molecule has 0 aliphatic carbocycles. The minimum atomic E-state index is -0.383. The normalized spacial score (nSPS) is 11.5. The summed E-state index contributed by atoms with van der Waals surface area (Å²) in [4.78, 5) is 0. The predicted molar refractivity (Wildman–Crippen MR) is 82.3 cm³/mol. The molecule has 2 rings (SSSR count). The first kappa shape index (κ1) is 15.5. The summed E-state index contributed by atoms with van der Waals surface area (Å²) in [6, 6.07) is 10.2. The fourth-order valence-corrected chi connectivity index (χ4v) is 2.12. The molecule has 2 aromatic rings. The summed E-state index contributed by atoms with van der Waals surface area (Å²) in [5, 5.41) is 9.29. The summed E-state index contributed by atoms with van der Waals surface area (Å²) >= 11 is 0. The molecule has 0 spiro atoms. The van der Waals surface area contributed by atoms with Crippen LogP contribution in [0.2, 0.25) is 0 Å². The van der Waals surface area contributed by atoms with Gasteiger partial charge in [-0.3, -0.25) is 0 Å². The van der Waals surface area contributed by atoms with Gasteiger partial charge < -0.3 is 9.84 Å². The maximum absolute atomic E-state index is 13.2. The van der Waals surface area contributed by atoms with Crippen LogP contribution >= 0.6 is 0 Å². The van der Waals surface area contributed by atoms with Gasteiger partial charge in [0.25, 0.3) is 0 Å². The topological polar surface area (TPSA) is 29.5 Å². The quantitative estimate of drug-likeness (QED) is 0.885. The molecule has 112 valence electrons. The number of hydrogen-bond acceptors (Lipinski definition) is 2. The number of benzene rings is 2. The molecular formula is C18H21FO2. The molecule has 0 saturated heterocycles. The van der Waals surface area contributed by atoms with E-state index in [0.29, 0.717) is 17.1 Å². The van der Waals surface area contributed by atoms with Crippen LogP contribution < -0.4 is 4.74 Å². The van der Waals surface area contributed by atoms with E-state index in [4.69, 9.17) is 4.74 Å². The Morgan fingerprint density at radius 3 is 2.29 bits per heavy atom. The summed E-state index contributed by atoms with van der Waals surface area (Å²) in [6.07, 6.45) is 0. The van der Waals surface area contributed by atoms with Gasteiger partial charge in [-0.15, -0.1) is 0 Å². The van der Waals surface area contributed by atoms with Gasteiger partial charge in [0.1, 0.15) is 17.3 Å². The lowest BCUT2D eigenvalue weighted by molar-refractivity contribution is 0.275. The molecule has 0 aliphatic rings. The summed E-state index contributed by atoms with van der Waals surface area (Å²) in [7, 11) is 0. The molecule has 0 radical (unpaired) electrons. The molecule has 0 saturated carbocycles. The van der Waals surface area contributed by atoms with Gasteiger partial charge in [-0.25, -0.2) is 4.39 Å². The maximum Gasteiger partial charge on any atom is 0.133 e. The molecule has 0 amide bonds. The second-order valence-corrected chi connectivity index (χ2v) is 6.24. The first-order valence-electron chi connectivity index (χ1n) is 6.99. The highest BCUT2D eigenvalue weighted by Gasteiger charge is 2.15. The second kappa shape index (κ2) is 5.86. The smallest absolute Gasteiger partial charge is 0.133 e. The molecular weight excluding hydrogens is 267 g/mol. The van der Waals surface area contributed by atoms with Gasteiger partial charge in [-0.1, -0.05) is 32.9 Å². The zero-order valence-electron chi connectivity index (χ0n) is 12.9. The number of ether oxygens (including phenoxy) is 1. The van der Waals surface area contributed by atoms with E-state index in [9.17, 15) is 9.50 Å². The van der Waals surface area contributed by atoms with Crippen LogP contribution in [0.15, 0.2) is 36.4 Å². The van der Waals surface area contributed by atoms with Crippen LogP contribution in [0.25, 0.3) is 0 Å². The van der Waals surface area contributed by atoms with Crippen molar-refractivity contribution >= 4 is 0 Å². The minimum Gasteiger partial charge on any atom is -0.457 e. The van der Waals surface area contributed by atoms with Crippen molar-refractivity contribution in [2.24, 2.45) is 0 Å². The Kier molecular flexibility index (Phi) is 4.33. The molecule has 3 heteroatoms. The zero-order chi connectivity index (χ0) is 15.6. The van der Waals surface area contributed by atoms with Gasteiger partial charge in [-0.05, 0) is 47.7 Å². The largest absolute Gasteiger partial charge is 0.457 e. The Labute approximate surface area is 125 Å². The van der Waals surface area contributed by atoms with Crippen LogP contribution in [-0.2, 0) is 12.0 Å². The Morgan fingerprint density at radius 2 is 1.71 bits per heavy atom. The van der Waals surface area contributed by atoms with Crippen molar-refractivity contribution in [3.63, 3.8) is 0 Å². The van der Waals surface area contributed by atoms with Crippen LogP contribution in [-0.4, -0.2) is 5.11 Å². The standard InChI is InChI=1S/C18H21FO2/c1-12-9-14(18(2,3)4)5-7-16(12)21-17-8-6-15(19)10-13(17)11-20/h5-10,20H,11H2,1-4H3. The third kappa shape index (κ3) is 3.61. The minimum absolute atomic E-state index is 0.0788. The summed E-state index contributed by atoms with van der Waals surface area (Å²) in [5.41, 5.74) is 2.76. The van der Waals surface area contributed by atoms with Gasteiger partial charge in [-0.2, -0.15) is 0 Å². The van der Waals surface area contributed by atoms with Crippen molar-refractivity contribution in [1.82, 2.24) is 0 Å². The molecule has 0 heterocycles. The highest BCUT2D eigenvalue weighted by atomic mass is 19.1. The first-order chi connectivity index (χ1) is 9.81. The average molecular weight is 288 g/mol. The van der Waals surface area contributed by atoms with Crippen molar-refractivity contribution in [3.8, 4) is 11.5 Å². The van der Waals surface area contributed by atoms with Crippen molar-refractivity contribution in [2.75, 3.05) is 0 Å². The SMILES string of the molecule is Cc1cc(C(C)(C)C)ccc1Oc1ccc(F)cc1CO. The third-order valence-corrected chi connectivity index (χ3v) is 3.45. The zero-order valence-corrected chi connectivity index (χ0v) is 12.9. The van der Waals surface area contributed by atoms with Crippen molar-refractivity contribution < 1.29 is 14.2 Å². The number of halogens is 1. The second-order valence-electron chi connectivity index (χ2n) is 6.24. The van der Waals surface area contributed by atoms with Gasteiger partial charge in [0.05, 0.1) is 6.61 Å². The van der Waals surface area contributed by atoms with E-state index in [1.807, 2.05) is 19.1 Å². The van der Waals surface area contributed by atoms with Gasteiger partial charge in [0.2, 0.25) is 0 Å². The van der Waals surface area contributed by atoms with Crippen molar-refractivity contribution in [3.05, 3.63) is 58.9 Å². The molecule has 21 heavy (non-hydrogen) atoms. The van der Waals surface area contributed by atoms with Crippen molar-refractivity contribution in [1.29, 1.82) is 0 Å². The van der Waals surface area contributed by atoms with E-state index < -0.39 is 0 Å². The highest BCUT2D eigenvalue weighted by Crippen LogP contribution is 2.32. The fourth-order valence-electron chi connectivity index (χ4n) is 2.12. The van der Waals surface area contributed by atoms with E-state index in [1.54, 1.807) is 0 Å². The lowest BCUT2D eigenvalue weighted by Gasteiger charge is -2.21. The van der Waals surface area contributed by atoms with E-state index in [2.05, 4.69) is 26.8 Å². The Morgan fingerprint density at radius 1 is 1.05 bits per heavy atom. The van der Waals surface area contributed by atoms with Crippen molar-refractivity contribution in [2.45, 2.75) is 39.7 Å². The van der Waals surface area contributed by atoms with E-state index in [1.165, 1.54) is 23.8 Å². The van der Waals surface area contributed by atoms with Crippen LogP contribution in [0, 0.1) is 12.7 Å². The van der Waals surface area contributed by atoms with Crippen LogP contribution in [0.5, 0.6) is 11.5 Å². The highest BCUT2D eigenvalue weighted by molar-refractivity contribution is 5.43. The molecule has 2 nitrogen and oxygen atoms in total. The average Bonchev–Trinajstić information content (AvgIpc) is 2.41. The molecule has 0 atom stereocenters. The monoisotopic (exact) mass is 288 g/mol. The van der Waals surface area contributed by atoms with E-state index in [-0.39, 0.29) is 17.8 Å². The lowest BCUT2D eigenvalue weighted by atomic mass is 9.86. The number of aryl methyl sites for hydroxylation is 1. The number of rotatable bonds is 3. The summed E-state index contributed by atoms with van der Waals surface area (Å²) in [5.74, 6) is 0.806. The molecule has 1 N–H and O–H groups in total. The van der Waals surface area contributed by atoms with Gasteiger partial charge >= 0.3 is 0 Å². The van der Waals surface area contributed by atoms with Crippen LogP contribution in [0.1, 0.15) is 37.5 Å². The van der Waals surface area contributed by atoms with Gasteiger partial charge in [0.15, 0.2) is 0 Å². The summed E-state index contributed by atoms with van der Waals surface area (Å²) in [6.45, 7) is 8.20. The van der Waals surface area contributed by atoms with Crippen LogP contribution in [0.3, 0.4) is 0 Å². The lowest BCUT2D eigenvalue weighted by Crippen LogP contribution is -2.11. The molecule has 2 aromatic carbocycles. The molecule has 0 unspecified atom stereocenters. The van der Waals surface area contributed by atoms with E-state index >= 15 is 0 Å².